The summed E-state index contributed by atoms with van der Waals surface area (Å²) in [6.07, 6.45) is 9.13. The zero-order valence-electron chi connectivity index (χ0n) is 17.7. The summed E-state index contributed by atoms with van der Waals surface area (Å²) in [5.74, 6) is 0.724. The maximum absolute atomic E-state index is 13.8. The van der Waals surface area contributed by atoms with Crippen molar-refractivity contribution < 1.29 is 4.79 Å². The maximum Gasteiger partial charge on any atom is 0.266 e. The first-order valence-electron chi connectivity index (χ1n) is 11.0. The summed E-state index contributed by atoms with van der Waals surface area (Å²) in [7, 11) is 0. The smallest absolute Gasteiger partial charge is 0.266 e. The Morgan fingerprint density at radius 1 is 1.00 bits per heavy atom. The Hall–Kier alpha value is -2.76. The van der Waals surface area contributed by atoms with Gasteiger partial charge in [-0.25, -0.2) is 9.97 Å². The van der Waals surface area contributed by atoms with Crippen LogP contribution in [-0.4, -0.2) is 26.8 Å². The fourth-order valence-corrected chi connectivity index (χ4v) is 5.96. The van der Waals surface area contributed by atoms with E-state index in [1.54, 1.807) is 12.4 Å². The van der Waals surface area contributed by atoms with E-state index < -0.39 is 0 Å². The summed E-state index contributed by atoms with van der Waals surface area (Å²) in [5.41, 5.74) is 2.03. The second-order valence-corrected chi connectivity index (χ2v) is 9.67. The molecule has 0 saturated heterocycles. The SMILES string of the molecule is O=C(c1sc2ccccc2c1Cl)N(Cc1cccc(-c2ncccn2)c1)C1CCCCC1. The number of thiophene rings is 1. The average molecular weight is 462 g/mol. The van der Waals surface area contributed by atoms with Crippen LogP contribution in [0.15, 0.2) is 67.0 Å². The van der Waals surface area contributed by atoms with Crippen LogP contribution in [0.2, 0.25) is 5.02 Å². The van der Waals surface area contributed by atoms with Crippen LogP contribution in [0, 0.1) is 0 Å². The molecule has 0 spiro atoms. The van der Waals surface area contributed by atoms with Crippen LogP contribution in [0.5, 0.6) is 0 Å². The molecule has 1 amide bonds. The first kappa shape index (κ1) is 21.1. The van der Waals surface area contributed by atoms with Crippen LogP contribution >= 0.6 is 22.9 Å². The molecule has 0 aliphatic heterocycles. The molecule has 2 aromatic heterocycles. The van der Waals surface area contributed by atoms with Crippen molar-refractivity contribution in [3.05, 3.63) is 82.5 Å². The van der Waals surface area contributed by atoms with Gasteiger partial charge >= 0.3 is 0 Å². The van der Waals surface area contributed by atoms with Crippen LogP contribution in [0.4, 0.5) is 0 Å². The third-order valence-corrected chi connectivity index (χ3v) is 7.77. The summed E-state index contributed by atoms with van der Waals surface area (Å²) in [6.45, 7) is 0.550. The molecule has 162 valence electrons. The molecule has 5 rings (SSSR count). The van der Waals surface area contributed by atoms with E-state index in [1.165, 1.54) is 17.8 Å². The van der Waals surface area contributed by atoms with Gasteiger partial charge in [-0.1, -0.05) is 67.3 Å². The van der Waals surface area contributed by atoms with Gasteiger partial charge in [-0.05, 0) is 36.6 Å². The largest absolute Gasteiger partial charge is 0.331 e. The predicted octanol–water partition coefficient (Wildman–Crippen LogP) is 6.99. The van der Waals surface area contributed by atoms with Gasteiger partial charge in [0.1, 0.15) is 4.88 Å². The predicted molar refractivity (Wildman–Crippen MR) is 131 cm³/mol. The van der Waals surface area contributed by atoms with E-state index in [4.69, 9.17) is 11.6 Å². The minimum absolute atomic E-state index is 0.0319. The Kier molecular flexibility index (Phi) is 6.19. The second kappa shape index (κ2) is 9.39. The molecule has 0 N–H and O–H groups in total. The average Bonchev–Trinajstić information content (AvgIpc) is 3.20. The van der Waals surface area contributed by atoms with Crippen molar-refractivity contribution in [3.63, 3.8) is 0 Å². The van der Waals surface area contributed by atoms with Crippen molar-refractivity contribution in [1.29, 1.82) is 0 Å². The van der Waals surface area contributed by atoms with E-state index in [0.29, 0.717) is 22.3 Å². The highest BCUT2D eigenvalue weighted by Gasteiger charge is 2.29. The summed E-state index contributed by atoms with van der Waals surface area (Å²) in [4.78, 5) is 25.2. The number of nitrogens with zero attached hydrogens (tertiary/aromatic N) is 3. The van der Waals surface area contributed by atoms with Gasteiger partial charge in [-0.3, -0.25) is 4.79 Å². The molecule has 2 heterocycles. The first-order valence-corrected chi connectivity index (χ1v) is 12.2. The van der Waals surface area contributed by atoms with Crippen LogP contribution in [0.1, 0.15) is 47.3 Å². The zero-order chi connectivity index (χ0) is 21.9. The molecule has 1 aliphatic rings. The van der Waals surface area contributed by atoms with Gasteiger partial charge in [-0.2, -0.15) is 0 Å². The van der Waals surface area contributed by atoms with Crippen LogP contribution in [0.25, 0.3) is 21.5 Å². The molecule has 1 fully saturated rings. The van der Waals surface area contributed by atoms with Crippen molar-refractivity contribution >= 4 is 38.9 Å². The highest BCUT2D eigenvalue weighted by atomic mass is 35.5. The van der Waals surface area contributed by atoms with Gasteiger partial charge in [0.25, 0.3) is 5.91 Å². The maximum atomic E-state index is 13.8. The molecule has 6 heteroatoms. The van der Waals surface area contributed by atoms with Gasteiger partial charge in [-0.15, -0.1) is 11.3 Å². The van der Waals surface area contributed by atoms with E-state index in [2.05, 4.69) is 22.1 Å². The number of hydrogen-bond donors (Lipinski definition) is 0. The van der Waals surface area contributed by atoms with Crippen molar-refractivity contribution in [3.8, 4) is 11.4 Å². The van der Waals surface area contributed by atoms with Crippen molar-refractivity contribution in [2.45, 2.75) is 44.7 Å². The Bertz CT molecular complexity index is 1230. The van der Waals surface area contributed by atoms with Gasteiger partial charge < -0.3 is 4.90 Å². The minimum atomic E-state index is 0.0319. The lowest BCUT2D eigenvalue weighted by Gasteiger charge is -2.34. The molecule has 32 heavy (non-hydrogen) atoms. The number of halogens is 1. The first-order chi connectivity index (χ1) is 15.7. The Morgan fingerprint density at radius 2 is 1.78 bits per heavy atom. The quantitative estimate of drug-likeness (QED) is 0.322. The van der Waals surface area contributed by atoms with Gasteiger partial charge in [0.15, 0.2) is 5.82 Å². The molecule has 1 aliphatic carbocycles. The molecule has 4 nitrogen and oxygen atoms in total. The number of amides is 1. The van der Waals surface area contributed by atoms with Crippen molar-refractivity contribution in [2.75, 3.05) is 0 Å². The lowest BCUT2D eigenvalue weighted by Crippen LogP contribution is -2.40. The fourth-order valence-electron chi connectivity index (χ4n) is 4.50. The third kappa shape index (κ3) is 4.27. The van der Waals surface area contributed by atoms with Crippen molar-refractivity contribution in [1.82, 2.24) is 14.9 Å². The molecule has 0 atom stereocenters. The number of carbonyl (C=O) groups is 1. The van der Waals surface area contributed by atoms with E-state index >= 15 is 0 Å². The van der Waals surface area contributed by atoms with Crippen LogP contribution in [0.3, 0.4) is 0 Å². The number of fused-ring (bicyclic) bond motifs is 1. The number of aromatic nitrogens is 2. The third-order valence-electron chi connectivity index (χ3n) is 6.11. The second-order valence-electron chi connectivity index (χ2n) is 8.24. The van der Waals surface area contributed by atoms with Gasteiger partial charge in [0, 0.05) is 40.6 Å². The highest BCUT2D eigenvalue weighted by molar-refractivity contribution is 7.21. The van der Waals surface area contributed by atoms with Crippen LogP contribution < -0.4 is 0 Å². The number of rotatable bonds is 5. The lowest BCUT2D eigenvalue weighted by atomic mass is 9.93. The van der Waals surface area contributed by atoms with E-state index in [9.17, 15) is 4.79 Å². The zero-order valence-corrected chi connectivity index (χ0v) is 19.3. The molecular formula is C26H24ClN3OS. The Labute approximate surface area is 196 Å². The molecule has 1 saturated carbocycles. The number of hydrogen-bond acceptors (Lipinski definition) is 4. The fraction of sp³-hybridized carbons (Fsp3) is 0.269. The Morgan fingerprint density at radius 3 is 2.56 bits per heavy atom. The summed E-state index contributed by atoms with van der Waals surface area (Å²) in [6, 6.07) is 18.2. The topological polar surface area (TPSA) is 46.1 Å². The summed E-state index contributed by atoms with van der Waals surface area (Å²) in [5, 5.41) is 1.53. The highest BCUT2D eigenvalue weighted by Crippen LogP contribution is 2.37. The van der Waals surface area contributed by atoms with E-state index in [0.717, 1.165) is 46.9 Å². The monoisotopic (exact) mass is 461 g/mol. The normalized spacial score (nSPS) is 14.5. The lowest BCUT2D eigenvalue weighted by molar-refractivity contribution is 0.0619. The molecule has 2 aromatic carbocycles. The summed E-state index contributed by atoms with van der Waals surface area (Å²) >= 11 is 8.18. The molecule has 4 aromatic rings. The number of carbonyl (C=O) groups excluding carboxylic acids is 1. The van der Waals surface area contributed by atoms with E-state index in [-0.39, 0.29) is 11.9 Å². The molecule has 0 bridgehead atoms. The van der Waals surface area contributed by atoms with Crippen molar-refractivity contribution in [2.24, 2.45) is 0 Å². The number of benzene rings is 2. The summed E-state index contributed by atoms with van der Waals surface area (Å²) < 4.78 is 1.05. The molecule has 0 unspecified atom stereocenters. The molecular weight excluding hydrogens is 438 g/mol. The minimum Gasteiger partial charge on any atom is -0.331 e. The molecule has 0 radical (unpaired) electrons. The van der Waals surface area contributed by atoms with Gasteiger partial charge in [0.2, 0.25) is 0 Å². The van der Waals surface area contributed by atoms with Crippen LogP contribution in [-0.2, 0) is 6.54 Å². The Balaban J connectivity index is 1.49. The standard InChI is InChI=1S/C26H24ClN3OS/c27-23-21-12-4-5-13-22(21)32-24(23)26(31)30(20-10-2-1-3-11-20)17-18-8-6-9-19(16-18)25-28-14-7-15-29-25/h4-9,12-16,20H,1-3,10-11,17H2. The van der Waals surface area contributed by atoms with E-state index in [1.807, 2.05) is 47.4 Å². The van der Waals surface area contributed by atoms with Gasteiger partial charge in [0.05, 0.1) is 5.02 Å².